The van der Waals surface area contributed by atoms with Crippen LogP contribution in [0, 0.1) is 0 Å². The molecule has 0 saturated carbocycles. The van der Waals surface area contributed by atoms with Gasteiger partial charge in [-0.2, -0.15) is 0 Å². The van der Waals surface area contributed by atoms with Crippen LogP contribution in [0.5, 0.6) is 5.75 Å². The van der Waals surface area contributed by atoms with Gasteiger partial charge in [-0.15, -0.1) is 0 Å². The van der Waals surface area contributed by atoms with Gasteiger partial charge in [-0.1, -0.05) is 28.1 Å². The Hall–Kier alpha value is -0.650. The number of hydrogen-bond acceptors (Lipinski definition) is 3. The molecule has 0 amide bonds. The Morgan fingerprint density at radius 3 is 2.87 bits per heavy atom. The van der Waals surface area contributed by atoms with Crippen molar-refractivity contribution in [2.75, 3.05) is 13.2 Å². The van der Waals surface area contributed by atoms with Gasteiger partial charge in [-0.05, 0) is 18.2 Å². The van der Waals surface area contributed by atoms with Crippen LogP contribution in [0.15, 0.2) is 22.7 Å². The van der Waals surface area contributed by atoms with E-state index >= 15 is 0 Å². The summed E-state index contributed by atoms with van der Waals surface area (Å²) in [6, 6.07) is 5.47. The summed E-state index contributed by atoms with van der Waals surface area (Å²) in [5.41, 5.74) is 6.27. The molecule has 0 heterocycles. The highest BCUT2D eigenvalue weighted by Crippen LogP contribution is 2.23. The van der Waals surface area contributed by atoms with Crippen molar-refractivity contribution in [1.82, 2.24) is 0 Å². The molecule has 0 bridgehead atoms. The Labute approximate surface area is 102 Å². The predicted octanol–water partition coefficient (Wildman–Crippen LogP) is 1.84. The van der Waals surface area contributed by atoms with Crippen LogP contribution in [-0.4, -0.2) is 23.3 Å². The first-order valence-corrected chi connectivity index (χ1v) is 5.68. The maximum absolute atomic E-state index is 8.63. The van der Waals surface area contributed by atoms with Gasteiger partial charge in [0, 0.05) is 17.5 Å². The average molecular weight is 290 g/mol. The second kappa shape index (κ2) is 6.05. The van der Waals surface area contributed by atoms with Crippen molar-refractivity contribution in [2.45, 2.75) is 6.42 Å². The van der Waals surface area contributed by atoms with E-state index in [4.69, 9.17) is 27.8 Å². The minimum atomic E-state index is 0.110. The Bertz CT molecular complexity index is 357. The van der Waals surface area contributed by atoms with Gasteiger partial charge in [0.05, 0.1) is 12.2 Å². The van der Waals surface area contributed by atoms with E-state index in [0.717, 1.165) is 4.47 Å². The van der Waals surface area contributed by atoms with Gasteiger partial charge < -0.3 is 15.6 Å². The van der Waals surface area contributed by atoms with Crippen LogP contribution < -0.4 is 10.5 Å². The second-order valence-electron chi connectivity index (χ2n) is 2.93. The van der Waals surface area contributed by atoms with Crippen molar-refractivity contribution in [2.24, 2.45) is 5.73 Å². The average Bonchev–Trinajstić information content (AvgIpc) is 2.20. The normalized spacial score (nSPS) is 10.0. The number of aliphatic hydroxyl groups excluding tert-OH is 1. The fraction of sp³-hybridized carbons (Fsp3) is 0.300. The van der Waals surface area contributed by atoms with Gasteiger partial charge in [-0.3, -0.25) is 0 Å². The maximum Gasteiger partial charge on any atom is 0.129 e. The molecule has 3 nitrogen and oxygen atoms in total. The zero-order chi connectivity index (χ0) is 11.3. The first kappa shape index (κ1) is 12.4. The molecule has 0 aliphatic rings. The lowest BCUT2D eigenvalue weighted by molar-refractivity contribution is 0.233. The van der Waals surface area contributed by atoms with E-state index in [0.29, 0.717) is 29.3 Å². The fourth-order valence-electron chi connectivity index (χ4n) is 1.07. The van der Waals surface area contributed by atoms with E-state index in [1.807, 2.05) is 12.1 Å². The molecule has 0 aliphatic carbocycles. The summed E-state index contributed by atoms with van der Waals surface area (Å²) in [5, 5.41) is 8.63. The highest BCUT2D eigenvalue weighted by Gasteiger charge is 2.06. The molecule has 0 aromatic heterocycles. The number of benzene rings is 1. The summed E-state index contributed by atoms with van der Waals surface area (Å²) in [6.45, 7) is 0.562. The Morgan fingerprint density at radius 2 is 2.27 bits per heavy atom. The van der Waals surface area contributed by atoms with Gasteiger partial charge in [0.1, 0.15) is 10.7 Å². The standard InChI is InChI=1S/C10H12BrNO2S/c11-7-2-3-9(14-5-1-4-13)8(6-7)10(12)15/h2-3,6,13H,1,4-5H2,(H2,12,15). The quantitative estimate of drug-likeness (QED) is 0.642. The molecule has 0 saturated heterocycles. The Balaban J connectivity index is 2.81. The molecule has 0 radical (unpaired) electrons. The largest absolute Gasteiger partial charge is 0.493 e. The number of nitrogens with two attached hydrogens (primary N) is 1. The SMILES string of the molecule is NC(=S)c1cc(Br)ccc1OCCCO. The molecule has 3 N–H and O–H groups in total. The van der Waals surface area contributed by atoms with Gasteiger partial charge >= 0.3 is 0 Å². The summed E-state index contributed by atoms with van der Waals surface area (Å²) in [7, 11) is 0. The second-order valence-corrected chi connectivity index (χ2v) is 4.29. The summed E-state index contributed by atoms with van der Waals surface area (Å²) in [4.78, 5) is 0.301. The Morgan fingerprint density at radius 1 is 1.53 bits per heavy atom. The van der Waals surface area contributed by atoms with E-state index in [1.165, 1.54) is 0 Å². The topological polar surface area (TPSA) is 55.5 Å². The third kappa shape index (κ3) is 3.77. The zero-order valence-electron chi connectivity index (χ0n) is 8.07. The Kier molecular flexibility index (Phi) is 5.01. The molecule has 0 fully saturated rings. The molecular weight excluding hydrogens is 278 g/mol. The lowest BCUT2D eigenvalue weighted by atomic mass is 10.2. The monoisotopic (exact) mass is 289 g/mol. The molecule has 0 spiro atoms. The number of ether oxygens (including phenoxy) is 1. The highest BCUT2D eigenvalue weighted by molar-refractivity contribution is 9.10. The van der Waals surface area contributed by atoms with Gasteiger partial charge in [0.15, 0.2) is 0 Å². The van der Waals surface area contributed by atoms with Crippen LogP contribution in [0.4, 0.5) is 0 Å². The molecule has 0 unspecified atom stereocenters. The molecular formula is C10H12BrNO2S. The summed E-state index contributed by atoms with van der Waals surface area (Å²) in [6.07, 6.45) is 0.590. The first-order chi connectivity index (χ1) is 7.15. The molecule has 1 aromatic carbocycles. The molecule has 82 valence electrons. The number of hydrogen-bond donors (Lipinski definition) is 2. The summed E-state index contributed by atoms with van der Waals surface area (Å²) < 4.78 is 6.35. The minimum Gasteiger partial charge on any atom is -0.493 e. The van der Waals surface area contributed by atoms with Gasteiger partial charge in [0.25, 0.3) is 0 Å². The summed E-state index contributed by atoms with van der Waals surface area (Å²) >= 11 is 8.25. The van der Waals surface area contributed by atoms with Crippen LogP contribution in [0.1, 0.15) is 12.0 Å². The van der Waals surface area contributed by atoms with Crippen molar-refractivity contribution >= 4 is 33.1 Å². The van der Waals surface area contributed by atoms with Crippen molar-refractivity contribution < 1.29 is 9.84 Å². The summed E-state index contributed by atoms with van der Waals surface area (Å²) in [5.74, 6) is 0.652. The van der Waals surface area contributed by atoms with Crippen LogP contribution in [-0.2, 0) is 0 Å². The molecule has 5 heteroatoms. The van der Waals surface area contributed by atoms with E-state index in [1.54, 1.807) is 6.07 Å². The van der Waals surface area contributed by atoms with Crippen LogP contribution >= 0.6 is 28.1 Å². The van der Waals surface area contributed by atoms with Crippen LogP contribution in [0.2, 0.25) is 0 Å². The number of thiocarbonyl (C=S) groups is 1. The number of rotatable bonds is 5. The van der Waals surface area contributed by atoms with E-state index in [9.17, 15) is 0 Å². The smallest absolute Gasteiger partial charge is 0.129 e. The highest BCUT2D eigenvalue weighted by atomic mass is 79.9. The molecule has 15 heavy (non-hydrogen) atoms. The predicted molar refractivity (Wildman–Crippen MR) is 67.2 cm³/mol. The van der Waals surface area contributed by atoms with Crippen molar-refractivity contribution in [3.05, 3.63) is 28.2 Å². The third-order valence-corrected chi connectivity index (χ3v) is 2.48. The van der Waals surface area contributed by atoms with E-state index in [-0.39, 0.29) is 6.61 Å². The van der Waals surface area contributed by atoms with Gasteiger partial charge in [0.2, 0.25) is 0 Å². The zero-order valence-corrected chi connectivity index (χ0v) is 10.5. The molecule has 0 aliphatic heterocycles. The van der Waals surface area contributed by atoms with Crippen LogP contribution in [0.25, 0.3) is 0 Å². The van der Waals surface area contributed by atoms with E-state index in [2.05, 4.69) is 15.9 Å². The first-order valence-electron chi connectivity index (χ1n) is 4.48. The lowest BCUT2D eigenvalue weighted by Crippen LogP contribution is -2.12. The maximum atomic E-state index is 8.63. The van der Waals surface area contributed by atoms with Crippen LogP contribution in [0.3, 0.4) is 0 Å². The number of halogens is 1. The number of aliphatic hydroxyl groups is 1. The molecule has 0 atom stereocenters. The van der Waals surface area contributed by atoms with Gasteiger partial charge in [-0.25, -0.2) is 0 Å². The van der Waals surface area contributed by atoms with Crippen molar-refractivity contribution in [3.63, 3.8) is 0 Å². The lowest BCUT2D eigenvalue weighted by Gasteiger charge is -2.10. The van der Waals surface area contributed by atoms with Crippen molar-refractivity contribution in [3.8, 4) is 5.75 Å². The fourth-order valence-corrected chi connectivity index (χ4v) is 1.59. The van der Waals surface area contributed by atoms with Crippen molar-refractivity contribution in [1.29, 1.82) is 0 Å². The molecule has 1 rings (SSSR count). The minimum absolute atomic E-state index is 0.110. The van der Waals surface area contributed by atoms with E-state index < -0.39 is 0 Å². The molecule has 1 aromatic rings. The third-order valence-electron chi connectivity index (χ3n) is 1.77.